The van der Waals surface area contributed by atoms with Gasteiger partial charge in [-0.15, -0.1) is 0 Å². The molecule has 0 unspecified atom stereocenters. The fourth-order valence-corrected chi connectivity index (χ4v) is 2.29. The van der Waals surface area contributed by atoms with E-state index in [-0.39, 0.29) is 5.91 Å². The predicted octanol–water partition coefficient (Wildman–Crippen LogP) is 1.76. The van der Waals surface area contributed by atoms with Crippen molar-refractivity contribution in [3.05, 3.63) is 17.8 Å². The van der Waals surface area contributed by atoms with E-state index in [1.165, 1.54) is 12.8 Å². The first-order valence-electron chi connectivity index (χ1n) is 5.98. The molecule has 1 aromatic heterocycles. The Hall–Kier alpha value is -1.45. The largest absolute Gasteiger partial charge is 0.384 e. The number of rotatable bonds is 3. The van der Waals surface area contributed by atoms with E-state index in [0.29, 0.717) is 17.4 Å². The number of hydrogen-bond acceptors (Lipinski definition) is 2. The van der Waals surface area contributed by atoms with E-state index < -0.39 is 0 Å². The van der Waals surface area contributed by atoms with E-state index in [9.17, 15) is 4.79 Å². The molecule has 0 atom stereocenters. The van der Waals surface area contributed by atoms with Crippen molar-refractivity contribution in [2.75, 3.05) is 5.73 Å². The first-order chi connectivity index (χ1) is 7.72. The number of aryl methyl sites for hydroxylation is 1. The number of hydrogen-bond donors (Lipinski definition) is 2. The Morgan fingerprint density at radius 3 is 2.81 bits per heavy atom. The molecule has 88 valence electrons. The first kappa shape index (κ1) is 11.0. The van der Waals surface area contributed by atoms with Crippen molar-refractivity contribution in [3.63, 3.8) is 0 Å². The monoisotopic (exact) mass is 221 g/mol. The van der Waals surface area contributed by atoms with Crippen LogP contribution in [0.5, 0.6) is 0 Å². The molecule has 16 heavy (non-hydrogen) atoms. The summed E-state index contributed by atoms with van der Waals surface area (Å²) in [6.07, 6.45) is 6.49. The number of nitrogens with one attached hydrogen (secondary N) is 1. The van der Waals surface area contributed by atoms with Gasteiger partial charge in [-0.25, -0.2) is 0 Å². The van der Waals surface area contributed by atoms with Crippen LogP contribution >= 0.6 is 0 Å². The third-order valence-electron chi connectivity index (χ3n) is 3.28. The number of nitrogen functional groups attached to an aromatic ring is 1. The van der Waals surface area contributed by atoms with Crippen molar-refractivity contribution in [1.29, 1.82) is 0 Å². The number of carbonyl (C=O) groups is 1. The number of anilines is 1. The molecule has 1 saturated carbocycles. The summed E-state index contributed by atoms with van der Waals surface area (Å²) in [6.45, 7) is 2.80. The fraction of sp³-hybridized carbons (Fsp3) is 0.583. The van der Waals surface area contributed by atoms with Crippen LogP contribution in [0.15, 0.2) is 12.3 Å². The minimum absolute atomic E-state index is 0.0309. The smallest absolute Gasteiger partial charge is 0.255 e. The molecule has 0 saturated heterocycles. The maximum Gasteiger partial charge on any atom is 0.255 e. The van der Waals surface area contributed by atoms with Gasteiger partial charge in [0.25, 0.3) is 5.91 Å². The third kappa shape index (κ3) is 2.05. The highest BCUT2D eigenvalue weighted by atomic mass is 16.1. The molecule has 4 nitrogen and oxygen atoms in total. The minimum atomic E-state index is -0.0309. The Balaban J connectivity index is 2.05. The molecular weight excluding hydrogens is 202 g/mol. The highest BCUT2D eigenvalue weighted by Gasteiger charge is 2.20. The number of amides is 1. The van der Waals surface area contributed by atoms with Crippen LogP contribution in [0.1, 0.15) is 43.0 Å². The quantitative estimate of drug-likeness (QED) is 0.817. The Bertz CT molecular complexity index is 378. The lowest BCUT2D eigenvalue weighted by atomic mass is 10.2. The van der Waals surface area contributed by atoms with Crippen molar-refractivity contribution in [2.24, 2.45) is 0 Å². The third-order valence-corrected chi connectivity index (χ3v) is 3.28. The Morgan fingerprint density at radius 2 is 2.25 bits per heavy atom. The van der Waals surface area contributed by atoms with Crippen LogP contribution in [0.3, 0.4) is 0 Å². The highest BCUT2D eigenvalue weighted by molar-refractivity contribution is 5.98. The summed E-state index contributed by atoms with van der Waals surface area (Å²) in [6, 6.07) is 2.14. The average Bonchev–Trinajstić information content (AvgIpc) is 2.87. The van der Waals surface area contributed by atoms with Crippen LogP contribution in [0.2, 0.25) is 0 Å². The van der Waals surface area contributed by atoms with Gasteiger partial charge in [0.05, 0.1) is 5.56 Å². The van der Waals surface area contributed by atoms with E-state index in [2.05, 4.69) is 5.32 Å². The highest BCUT2D eigenvalue weighted by Crippen LogP contribution is 2.19. The molecule has 0 spiro atoms. The van der Waals surface area contributed by atoms with Crippen molar-refractivity contribution < 1.29 is 4.79 Å². The lowest BCUT2D eigenvalue weighted by Crippen LogP contribution is -2.32. The van der Waals surface area contributed by atoms with Gasteiger partial charge in [-0.05, 0) is 25.8 Å². The summed E-state index contributed by atoms with van der Waals surface area (Å²) in [5, 5.41) is 3.04. The van der Waals surface area contributed by atoms with E-state index >= 15 is 0 Å². The van der Waals surface area contributed by atoms with Crippen molar-refractivity contribution >= 4 is 11.7 Å². The second kappa shape index (κ2) is 4.60. The van der Waals surface area contributed by atoms with Gasteiger partial charge in [0.2, 0.25) is 0 Å². The lowest BCUT2D eigenvalue weighted by molar-refractivity contribution is 0.0939. The minimum Gasteiger partial charge on any atom is -0.384 e. The molecule has 1 heterocycles. The molecule has 0 aliphatic heterocycles. The van der Waals surface area contributed by atoms with Crippen LogP contribution in [-0.4, -0.2) is 16.5 Å². The second-order valence-electron chi connectivity index (χ2n) is 4.36. The zero-order valence-corrected chi connectivity index (χ0v) is 9.70. The fourth-order valence-electron chi connectivity index (χ4n) is 2.29. The Labute approximate surface area is 95.8 Å². The van der Waals surface area contributed by atoms with Crippen LogP contribution in [-0.2, 0) is 6.54 Å². The Morgan fingerprint density at radius 1 is 1.56 bits per heavy atom. The van der Waals surface area contributed by atoms with E-state index in [4.69, 9.17) is 5.73 Å². The molecule has 1 aliphatic rings. The molecule has 1 fully saturated rings. The standard InChI is InChI=1S/C12H19N3O/c1-2-15-8-7-10(11(15)13)12(16)14-9-5-3-4-6-9/h7-9H,2-6,13H2,1H3,(H,14,16). The van der Waals surface area contributed by atoms with E-state index in [1.807, 2.05) is 17.7 Å². The summed E-state index contributed by atoms with van der Waals surface area (Å²) in [7, 11) is 0. The predicted molar refractivity (Wildman–Crippen MR) is 64.2 cm³/mol. The van der Waals surface area contributed by atoms with Crippen molar-refractivity contribution in [2.45, 2.75) is 45.2 Å². The van der Waals surface area contributed by atoms with Crippen LogP contribution in [0.25, 0.3) is 0 Å². The summed E-state index contributed by atoms with van der Waals surface area (Å²) in [4.78, 5) is 11.9. The molecule has 1 amide bonds. The number of carbonyl (C=O) groups excluding carboxylic acids is 1. The van der Waals surface area contributed by atoms with Gasteiger partial charge in [-0.1, -0.05) is 12.8 Å². The lowest BCUT2D eigenvalue weighted by Gasteiger charge is -2.11. The van der Waals surface area contributed by atoms with E-state index in [0.717, 1.165) is 19.4 Å². The summed E-state index contributed by atoms with van der Waals surface area (Å²) >= 11 is 0. The number of aromatic nitrogens is 1. The molecule has 0 bridgehead atoms. The van der Waals surface area contributed by atoms with Gasteiger partial charge < -0.3 is 15.6 Å². The maximum atomic E-state index is 11.9. The Kier molecular flexibility index (Phi) is 3.17. The van der Waals surface area contributed by atoms with Gasteiger partial charge in [0, 0.05) is 18.8 Å². The van der Waals surface area contributed by atoms with Crippen LogP contribution in [0.4, 0.5) is 5.82 Å². The molecule has 4 heteroatoms. The first-order valence-corrected chi connectivity index (χ1v) is 5.98. The van der Waals surface area contributed by atoms with Gasteiger partial charge in [0.1, 0.15) is 5.82 Å². The van der Waals surface area contributed by atoms with Gasteiger partial charge >= 0.3 is 0 Å². The number of nitrogens with two attached hydrogens (primary N) is 1. The zero-order valence-electron chi connectivity index (χ0n) is 9.70. The normalized spacial score (nSPS) is 16.6. The van der Waals surface area contributed by atoms with E-state index in [1.54, 1.807) is 6.07 Å². The molecular formula is C12H19N3O. The zero-order chi connectivity index (χ0) is 11.5. The molecule has 3 N–H and O–H groups in total. The van der Waals surface area contributed by atoms with Crippen LogP contribution < -0.4 is 11.1 Å². The summed E-state index contributed by atoms with van der Waals surface area (Å²) in [5.41, 5.74) is 6.50. The van der Waals surface area contributed by atoms with Crippen molar-refractivity contribution in [3.8, 4) is 0 Å². The molecule has 0 radical (unpaired) electrons. The average molecular weight is 221 g/mol. The van der Waals surface area contributed by atoms with Crippen molar-refractivity contribution in [1.82, 2.24) is 9.88 Å². The topological polar surface area (TPSA) is 60.0 Å². The molecule has 2 rings (SSSR count). The summed E-state index contributed by atoms with van der Waals surface area (Å²) in [5.74, 6) is 0.537. The molecule has 1 aliphatic carbocycles. The van der Waals surface area contributed by atoms with Gasteiger partial charge in [-0.2, -0.15) is 0 Å². The summed E-state index contributed by atoms with van der Waals surface area (Å²) < 4.78 is 1.88. The maximum absolute atomic E-state index is 11.9. The number of nitrogens with zero attached hydrogens (tertiary/aromatic N) is 1. The van der Waals surface area contributed by atoms with Crippen LogP contribution in [0, 0.1) is 0 Å². The second-order valence-corrected chi connectivity index (χ2v) is 4.36. The van der Waals surface area contributed by atoms with Gasteiger partial charge in [-0.3, -0.25) is 4.79 Å². The van der Waals surface area contributed by atoms with Gasteiger partial charge in [0.15, 0.2) is 0 Å². The molecule has 0 aromatic carbocycles. The SMILES string of the molecule is CCn1ccc(C(=O)NC2CCCC2)c1N. The molecule has 1 aromatic rings.